The molecule has 8 nitrogen and oxygen atoms in total. The highest BCUT2D eigenvalue weighted by Gasteiger charge is 2.33. The van der Waals surface area contributed by atoms with Crippen LogP contribution in [0.2, 0.25) is 0 Å². The third-order valence-corrected chi connectivity index (χ3v) is 5.44. The highest BCUT2D eigenvalue weighted by Crippen LogP contribution is 2.31. The van der Waals surface area contributed by atoms with Gasteiger partial charge in [-0.15, -0.1) is 35.0 Å². The van der Waals surface area contributed by atoms with Crippen molar-refractivity contribution in [1.82, 2.24) is 25.0 Å². The van der Waals surface area contributed by atoms with Crippen LogP contribution in [0.3, 0.4) is 0 Å². The molecule has 2 atom stereocenters. The molecule has 0 aromatic carbocycles. The monoisotopic (exact) mass is 434 g/mol. The number of nitrogens with one attached hydrogen (secondary N) is 1. The number of aromatic nitrogens is 3. The number of likely N-dealkylation sites (tertiary alicyclic amines) is 1. The van der Waals surface area contributed by atoms with E-state index in [-0.39, 0.29) is 55.1 Å². The lowest BCUT2D eigenvalue weighted by atomic mass is 10.0. The van der Waals surface area contributed by atoms with Gasteiger partial charge >= 0.3 is 0 Å². The number of rotatable bonds is 5. The molecular weight excluding hydrogens is 403 g/mol. The van der Waals surface area contributed by atoms with Gasteiger partial charge in [0.2, 0.25) is 11.8 Å². The Balaban J connectivity index is 0.00000196. The van der Waals surface area contributed by atoms with E-state index in [0.717, 1.165) is 56.7 Å². The molecule has 1 aromatic heterocycles. The second kappa shape index (κ2) is 11.0. The maximum atomic E-state index is 12.8. The van der Waals surface area contributed by atoms with Crippen molar-refractivity contribution in [2.45, 2.75) is 71.0 Å². The third-order valence-electron chi connectivity index (χ3n) is 5.44. The van der Waals surface area contributed by atoms with Gasteiger partial charge in [0.1, 0.15) is 5.82 Å². The fraction of sp³-hybridized carbons (Fsp3) is 0.778. The molecule has 3 N–H and O–H groups in total. The van der Waals surface area contributed by atoms with Crippen LogP contribution < -0.4 is 11.1 Å². The number of fused-ring (bicyclic) bond motifs is 1. The van der Waals surface area contributed by atoms with Gasteiger partial charge in [-0.2, -0.15) is 0 Å². The van der Waals surface area contributed by atoms with Crippen LogP contribution in [0.1, 0.15) is 63.6 Å². The minimum Gasteiger partial charge on any atom is -0.346 e. The molecule has 0 spiro atoms. The molecule has 0 saturated carbocycles. The van der Waals surface area contributed by atoms with Crippen LogP contribution >= 0.6 is 24.8 Å². The lowest BCUT2D eigenvalue weighted by molar-refractivity contribution is -0.136. The van der Waals surface area contributed by atoms with E-state index in [1.807, 2.05) is 18.7 Å². The molecular formula is C18H32Cl2N6O2. The zero-order valence-electron chi connectivity index (χ0n) is 16.6. The summed E-state index contributed by atoms with van der Waals surface area (Å²) in [6.07, 6.45) is 6.17. The summed E-state index contributed by atoms with van der Waals surface area (Å²) in [5.41, 5.74) is 5.85. The Labute approximate surface area is 178 Å². The number of carbonyl (C=O) groups excluding carboxylic acids is 2. The van der Waals surface area contributed by atoms with E-state index < -0.39 is 6.04 Å². The normalized spacial score (nSPS) is 19.9. The molecule has 1 fully saturated rings. The predicted octanol–water partition coefficient (Wildman–Crippen LogP) is 1.61. The van der Waals surface area contributed by atoms with Gasteiger partial charge in [-0.3, -0.25) is 9.59 Å². The lowest BCUT2D eigenvalue weighted by Crippen LogP contribution is -2.49. The van der Waals surface area contributed by atoms with Crippen molar-refractivity contribution in [3.05, 3.63) is 11.6 Å². The number of amides is 2. The average molecular weight is 435 g/mol. The zero-order valence-corrected chi connectivity index (χ0v) is 18.2. The van der Waals surface area contributed by atoms with E-state index >= 15 is 0 Å². The molecule has 2 aliphatic heterocycles. The molecule has 0 radical (unpaired) electrons. The summed E-state index contributed by atoms with van der Waals surface area (Å²) in [5, 5.41) is 11.4. The summed E-state index contributed by atoms with van der Waals surface area (Å²) in [5.74, 6) is 1.61. The van der Waals surface area contributed by atoms with E-state index in [1.165, 1.54) is 0 Å². The molecule has 1 unspecified atom stereocenters. The Bertz CT molecular complexity index is 667. The van der Waals surface area contributed by atoms with Crippen molar-refractivity contribution in [2.24, 2.45) is 11.7 Å². The standard InChI is InChI=1S/C18H30N6O2.2ClH/c1-12(2)16(19)18(26)20-11-15(25)23-9-5-3-7-13(23)17-22-21-14-8-4-6-10-24(14)17;;/h12-13,16H,3-11,19H2,1-2H3,(H,20,26);2*1H/t13?,16-;;/m0../s1. The van der Waals surface area contributed by atoms with Gasteiger partial charge in [-0.1, -0.05) is 13.8 Å². The van der Waals surface area contributed by atoms with E-state index in [1.54, 1.807) is 0 Å². The van der Waals surface area contributed by atoms with Crippen LogP contribution in [0.5, 0.6) is 0 Å². The van der Waals surface area contributed by atoms with Crippen LogP contribution in [0.4, 0.5) is 0 Å². The van der Waals surface area contributed by atoms with Crippen LogP contribution in [0.15, 0.2) is 0 Å². The van der Waals surface area contributed by atoms with Gasteiger partial charge in [0, 0.05) is 19.5 Å². The summed E-state index contributed by atoms with van der Waals surface area (Å²) in [6, 6.07) is -0.644. The second-order valence-electron chi connectivity index (χ2n) is 7.67. The van der Waals surface area contributed by atoms with Crippen LogP contribution in [0, 0.1) is 5.92 Å². The van der Waals surface area contributed by atoms with Crippen LogP contribution in [-0.2, 0) is 22.6 Å². The molecule has 1 saturated heterocycles. The number of hydrogen-bond donors (Lipinski definition) is 2. The fourth-order valence-electron chi connectivity index (χ4n) is 3.76. The van der Waals surface area contributed by atoms with Crippen molar-refractivity contribution in [3.63, 3.8) is 0 Å². The number of hydrogen-bond acceptors (Lipinski definition) is 5. The number of carbonyl (C=O) groups is 2. The molecule has 2 amide bonds. The first-order valence-electron chi connectivity index (χ1n) is 9.73. The van der Waals surface area contributed by atoms with Crippen molar-refractivity contribution >= 4 is 36.6 Å². The number of piperidine rings is 1. The van der Waals surface area contributed by atoms with Crippen molar-refractivity contribution in [3.8, 4) is 0 Å². The Morgan fingerprint density at radius 2 is 1.86 bits per heavy atom. The number of nitrogens with zero attached hydrogens (tertiary/aromatic N) is 4. The summed E-state index contributed by atoms with van der Waals surface area (Å²) >= 11 is 0. The third kappa shape index (κ3) is 5.36. The number of aryl methyl sites for hydroxylation is 1. The predicted molar refractivity (Wildman–Crippen MR) is 112 cm³/mol. The number of nitrogens with two attached hydrogens (primary N) is 1. The molecule has 3 heterocycles. The number of halogens is 2. The van der Waals surface area contributed by atoms with E-state index in [0.29, 0.717) is 6.54 Å². The fourth-order valence-corrected chi connectivity index (χ4v) is 3.76. The molecule has 28 heavy (non-hydrogen) atoms. The Hall–Kier alpha value is -1.38. The van der Waals surface area contributed by atoms with Gasteiger partial charge < -0.3 is 20.5 Å². The average Bonchev–Trinajstić information content (AvgIpc) is 3.09. The summed E-state index contributed by atoms with van der Waals surface area (Å²) in [6.45, 7) is 5.38. The smallest absolute Gasteiger partial charge is 0.242 e. The molecule has 2 aliphatic rings. The van der Waals surface area contributed by atoms with E-state index in [9.17, 15) is 9.59 Å². The summed E-state index contributed by atoms with van der Waals surface area (Å²) in [4.78, 5) is 26.7. The minimum atomic E-state index is -0.594. The van der Waals surface area contributed by atoms with Crippen LogP contribution in [0.25, 0.3) is 0 Å². The second-order valence-corrected chi connectivity index (χ2v) is 7.67. The Kier molecular flexibility index (Phi) is 9.66. The highest BCUT2D eigenvalue weighted by molar-refractivity contribution is 5.87. The Morgan fingerprint density at radius 3 is 2.57 bits per heavy atom. The zero-order chi connectivity index (χ0) is 18.7. The van der Waals surface area contributed by atoms with Gasteiger partial charge in [-0.05, 0) is 38.0 Å². The van der Waals surface area contributed by atoms with Gasteiger partial charge in [0.25, 0.3) is 0 Å². The maximum Gasteiger partial charge on any atom is 0.242 e. The van der Waals surface area contributed by atoms with Gasteiger partial charge in [-0.25, -0.2) is 0 Å². The first-order chi connectivity index (χ1) is 12.5. The summed E-state index contributed by atoms with van der Waals surface area (Å²) < 4.78 is 2.19. The molecule has 1 aromatic rings. The van der Waals surface area contributed by atoms with Gasteiger partial charge in [0.15, 0.2) is 5.82 Å². The quantitative estimate of drug-likeness (QED) is 0.731. The first-order valence-corrected chi connectivity index (χ1v) is 9.73. The largest absolute Gasteiger partial charge is 0.346 e. The maximum absolute atomic E-state index is 12.8. The van der Waals surface area contributed by atoms with Crippen LogP contribution in [-0.4, -0.2) is 50.6 Å². The molecule has 0 bridgehead atoms. The SMILES string of the molecule is CC(C)[C@H](N)C(=O)NCC(=O)N1CCCCC1c1nnc2n1CCCC2.Cl.Cl. The Morgan fingerprint density at radius 1 is 1.14 bits per heavy atom. The highest BCUT2D eigenvalue weighted by atomic mass is 35.5. The topological polar surface area (TPSA) is 106 Å². The lowest BCUT2D eigenvalue weighted by Gasteiger charge is -2.35. The first kappa shape index (κ1) is 24.7. The minimum absolute atomic E-state index is 0. The van der Waals surface area contributed by atoms with Gasteiger partial charge in [0.05, 0.1) is 18.6 Å². The molecule has 0 aliphatic carbocycles. The van der Waals surface area contributed by atoms with Crippen molar-refractivity contribution < 1.29 is 9.59 Å². The molecule has 10 heteroatoms. The van der Waals surface area contributed by atoms with Crippen molar-refractivity contribution in [2.75, 3.05) is 13.1 Å². The van der Waals surface area contributed by atoms with Crippen molar-refractivity contribution in [1.29, 1.82) is 0 Å². The molecule has 3 rings (SSSR count). The van der Waals surface area contributed by atoms with E-state index in [2.05, 4.69) is 20.1 Å². The molecule has 160 valence electrons. The van der Waals surface area contributed by atoms with E-state index in [4.69, 9.17) is 5.73 Å². The summed E-state index contributed by atoms with van der Waals surface area (Å²) in [7, 11) is 0.